The van der Waals surface area contributed by atoms with Crippen LogP contribution in [0.5, 0.6) is 11.5 Å². The van der Waals surface area contributed by atoms with Crippen molar-refractivity contribution in [3.05, 3.63) is 82.6 Å². The fourth-order valence-electron chi connectivity index (χ4n) is 6.58. The van der Waals surface area contributed by atoms with Crippen LogP contribution in [-0.2, 0) is 29.0 Å². The summed E-state index contributed by atoms with van der Waals surface area (Å²) in [6, 6.07) is 20.1. The Hall–Kier alpha value is -3.99. The molecule has 0 aliphatic carbocycles. The van der Waals surface area contributed by atoms with Gasteiger partial charge in [0, 0.05) is 12.2 Å². The first-order chi connectivity index (χ1) is 21.6. The average molecular weight is 611 g/mol. The van der Waals surface area contributed by atoms with Gasteiger partial charge in [-0.15, -0.1) is 11.3 Å². The summed E-state index contributed by atoms with van der Waals surface area (Å²) in [5.41, 5.74) is 4.63. The minimum atomic E-state index is -0.362. The molecule has 0 spiro atoms. The van der Waals surface area contributed by atoms with E-state index in [4.69, 9.17) is 28.9 Å². The maximum Gasteiger partial charge on any atom is 0.337 e. The van der Waals surface area contributed by atoms with Crippen LogP contribution in [0.2, 0.25) is 0 Å². The molecule has 3 aromatic carbocycles. The third-order valence-electron chi connectivity index (χ3n) is 9.02. The lowest BCUT2D eigenvalue weighted by molar-refractivity contribution is -0.0592. The van der Waals surface area contributed by atoms with Gasteiger partial charge in [-0.3, -0.25) is 4.90 Å². The Bertz CT molecular complexity index is 1810. The number of ether oxygens (including phenoxy) is 4. The number of aromatic nitrogens is 3. The van der Waals surface area contributed by atoms with Gasteiger partial charge in [-0.1, -0.05) is 24.3 Å². The van der Waals surface area contributed by atoms with Gasteiger partial charge in [0.1, 0.15) is 10.8 Å². The van der Waals surface area contributed by atoms with Gasteiger partial charge in [0.25, 0.3) is 0 Å². The molecule has 2 atom stereocenters. The van der Waals surface area contributed by atoms with Crippen molar-refractivity contribution in [1.29, 1.82) is 0 Å². The minimum Gasteiger partial charge on any atom is -0.465 e. The van der Waals surface area contributed by atoms with Crippen LogP contribution in [-0.4, -0.2) is 64.6 Å². The molecule has 0 saturated carbocycles. The summed E-state index contributed by atoms with van der Waals surface area (Å²) < 4.78 is 26.8. The molecule has 5 heterocycles. The number of hydrogen-bond donors (Lipinski definition) is 0. The molecule has 2 aromatic heterocycles. The van der Waals surface area contributed by atoms with Crippen LogP contribution in [0.4, 0.5) is 0 Å². The molecule has 1 unspecified atom stereocenters. The van der Waals surface area contributed by atoms with Crippen molar-refractivity contribution >= 4 is 38.6 Å². The second-order valence-corrected chi connectivity index (χ2v) is 12.9. The Morgan fingerprint density at radius 1 is 1.00 bits per heavy atom. The van der Waals surface area contributed by atoms with Gasteiger partial charge in [0.2, 0.25) is 6.29 Å². The maximum atomic E-state index is 12.2. The number of fused-ring (bicyclic) bond motifs is 3. The number of methoxy groups -OCH3 is 1. The summed E-state index contributed by atoms with van der Waals surface area (Å²) in [7, 11) is 1.41. The van der Waals surface area contributed by atoms with Gasteiger partial charge in [-0.2, -0.15) is 0 Å². The molecule has 5 aromatic rings. The van der Waals surface area contributed by atoms with E-state index in [2.05, 4.69) is 27.7 Å². The number of esters is 1. The summed E-state index contributed by atoms with van der Waals surface area (Å²) >= 11 is 1.70. The van der Waals surface area contributed by atoms with E-state index >= 15 is 0 Å². The molecule has 2 saturated heterocycles. The lowest BCUT2D eigenvalue weighted by Gasteiger charge is -2.33. The van der Waals surface area contributed by atoms with Crippen molar-refractivity contribution in [3.63, 3.8) is 0 Å². The number of nitrogens with zero attached hydrogens (tertiary/aromatic N) is 4. The van der Waals surface area contributed by atoms with E-state index in [1.165, 1.54) is 17.4 Å². The van der Waals surface area contributed by atoms with Crippen LogP contribution in [0, 0.1) is 0 Å². The molecule has 0 amide bonds. The van der Waals surface area contributed by atoms with Crippen LogP contribution >= 0.6 is 11.3 Å². The molecule has 3 aliphatic heterocycles. The van der Waals surface area contributed by atoms with E-state index in [1.54, 1.807) is 17.4 Å². The first-order valence-electron chi connectivity index (χ1n) is 15.3. The second kappa shape index (κ2) is 11.5. The number of para-hydroxylation sites is 2. The number of hydrogen-bond acceptors (Lipinski definition) is 9. The van der Waals surface area contributed by atoms with Crippen molar-refractivity contribution in [1.82, 2.24) is 19.4 Å². The highest BCUT2D eigenvalue weighted by molar-refractivity contribution is 7.18. The maximum absolute atomic E-state index is 12.2. The molecule has 8 rings (SSSR count). The molecule has 2 fully saturated rings. The molecule has 3 aliphatic rings. The Morgan fingerprint density at radius 2 is 1.86 bits per heavy atom. The number of rotatable bonds is 8. The zero-order valence-electron chi connectivity index (χ0n) is 24.6. The topological polar surface area (TPSA) is 87.9 Å². The number of benzene rings is 3. The van der Waals surface area contributed by atoms with Crippen LogP contribution in [0.1, 0.15) is 51.9 Å². The highest BCUT2D eigenvalue weighted by atomic mass is 32.1. The van der Waals surface area contributed by atoms with Gasteiger partial charge in [-0.25, -0.2) is 14.8 Å². The number of piperidine rings is 1. The Balaban J connectivity index is 0.952. The van der Waals surface area contributed by atoms with Crippen molar-refractivity contribution in [2.45, 2.75) is 57.1 Å². The van der Waals surface area contributed by atoms with Gasteiger partial charge in [0.05, 0.1) is 59.5 Å². The van der Waals surface area contributed by atoms with E-state index in [9.17, 15) is 4.79 Å². The SMILES string of the molecule is COC(=O)c1ccc2nc(CN3CCC(c4cccc5c4OC(Cc4nc6ccccc6s4)O5)CC3)n(C[C@@H]3CCO3)c2c1. The lowest BCUT2D eigenvalue weighted by Crippen LogP contribution is -2.35. The Morgan fingerprint density at radius 3 is 2.66 bits per heavy atom. The van der Waals surface area contributed by atoms with E-state index < -0.39 is 0 Å². The molecular weight excluding hydrogens is 576 g/mol. The Labute approximate surface area is 259 Å². The van der Waals surface area contributed by atoms with Crippen molar-refractivity contribution in [2.75, 3.05) is 26.8 Å². The average Bonchev–Trinajstić information content (AvgIpc) is 3.72. The first kappa shape index (κ1) is 27.6. The normalized spacial score (nSPS) is 20.3. The number of carbonyl (C=O) groups is 1. The van der Waals surface area contributed by atoms with E-state index in [-0.39, 0.29) is 18.4 Å². The summed E-state index contributed by atoms with van der Waals surface area (Å²) in [5, 5.41) is 1.02. The monoisotopic (exact) mass is 610 g/mol. The zero-order chi connectivity index (χ0) is 29.6. The predicted octanol–water partition coefficient (Wildman–Crippen LogP) is 5.94. The van der Waals surface area contributed by atoms with Crippen molar-refractivity contribution in [2.24, 2.45) is 0 Å². The van der Waals surface area contributed by atoms with Crippen LogP contribution in [0.15, 0.2) is 60.7 Å². The van der Waals surface area contributed by atoms with Crippen LogP contribution in [0.25, 0.3) is 21.3 Å². The summed E-state index contributed by atoms with van der Waals surface area (Å²) in [5.74, 6) is 2.78. The molecule has 10 heteroatoms. The van der Waals surface area contributed by atoms with E-state index in [1.807, 2.05) is 36.4 Å². The smallest absolute Gasteiger partial charge is 0.337 e. The molecular formula is C34H34N4O5S. The van der Waals surface area contributed by atoms with Crippen LogP contribution in [0.3, 0.4) is 0 Å². The fraction of sp³-hybridized carbons (Fsp3) is 0.382. The minimum absolute atomic E-state index is 0.180. The van der Waals surface area contributed by atoms with Crippen molar-refractivity contribution in [3.8, 4) is 11.5 Å². The van der Waals surface area contributed by atoms with Gasteiger partial charge < -0.3 is 23.5 Å². The third-order valence-corrected chi connectivity index (χ3v) is 10.1. The van der Waals surface area contributed by atoms with Crippen molar-refractivity contribution < 1.29 is 23.7 Å². The van der Waals surface area contributed by atoms with Crippen LogP contribution < -0.4 is 9.47 Å². The number of likely N-dealkylation sites (tertiary alicyclic amines) is 1. The molecule has 0 bridgehead atoms. The summed E-state index contributed by atoms with van der Waals surface area (Å²) in [6.07, 6.45) is 3.54. The number of imidazole rings is 1. The number of thiazole rings is 1. The number of carbonyl (C=O) groups excluding carboxylic acids is 1. The molecule has 44 heavy (non-hydrogen) atoms. The molecule has 226 valence electrons. The Kier molecular flexibility index (Phi) is 7.20. The van der Waals surface area contributed by atoms with Gasteiger partial charge in [0.15, 0.2) is 11.5 Å². The molecule has 0 radical (unpaired) electrons. The fourth-order valence-corrected chi connectivity index (χ4v) is 7.56. The molecule has 9 nitrogen and oxygen atoms in total. The van der Waals surface area contributed by atoms with E-state index in [0.29, 0.717) is 17.9 Å². The van der Waals surface area contributed by atoms with E-state index in [0.717, 1.165) is 90.9 Å². The highest BCUT2D eigenvalue weighted by Gasteiger charge is 2.32. The zero-order valence-corrected chi connectivity index (χ0v) is 25.4. The third kappa shape index (κ3) is 5.21. The summed E-state index contributed by atoms with van der Waals surface area (Å²) in [6.45, 7) is 4.20. The highest BCUT2D eigenvalue weighted by Crippen LogP contribution is 2.44. The quantitative estimate of drug-likeness (QED) is 0.200. The predicted molar refractivity (Wildman–Crippen MR) is 167 cm³/mol. The second-order valence-electron chi connectivity index (χ2n) is 11.8. The molecule has 0 N–H and O–H groups in total. The standard InChI is InChI=1S/C34H34N4O5S/c1-40-34(39)22-9-10-25-27(17-22)38(19-23-13-16-41-23)30(35-25)20-37-14-11-21(12-15-37)24-5-4-7-28-33(24)43-32(42-28)18-31-36-26-6-2-3-8-29(26)44-31/h2-10,17,21,23,32H,11-16,18-20H2,1H3/t23-,32?/m0/s1. The van der Waals surface area contributed by atoms with Gasteiger partial charge >= 0.3 is 5.97 Å². The largest absolute Gasteiger partial charge is 0.465 e. The summed E-state index contributed by atoms with van der Waals surface area (Å²) in [4.78, 5) is 24.5. The lowest BCUT2D eigenvalue weighted by atomic mass is 9.88. The first-order valence-corrected chi connectivity index (χ1v) is 16.1. The van der Waals surface area contributed by atoms with Gasteiger partial charge in [-0.05, 0) is 74.7 Å².